The van der Waals surface area contributed by atoms with Gasteiger partial charge in [0.15, 0.2) is 0 Å². The maximum Gasteiger partial charge on any atom is 0.227 e. The first-order valence-corrected chi connectivity index (χ1v) is 9.80. The number of ketones is 1. The summed E-state index contributed by atoms with van der Waals surface area (Å²) in [5, 5.41) is 2.96. The molecule has 1 aromatic carbocycles. The molecule has 4 rings (SSSR count). The number of benzene rings is 1. The van der Waals surface area contributed by atoms with E-state index < -0.39 is 0 Å². The lowest BCUT2D eigenvalue weighted by Gasteiger charge is -2.35. The van der Waals surface area contributed by atoms with Crippen LogP contribution < -0.4 is 5.32 Å². The molecule has 2 amide bonds. The zero-order valence-electron chi connectivity index (χ0n) is 15.0. The maximum atomic E-state index is 12.9. The van der Waals surface area contributed by atoms with Gasteiger partial charge in [-0.15, -0.1) is 0 Å². The van der Waals surface area contributed by atoms with Gasteiger partial charge in [-0.1, -0.05) is 18.2 Å². The van der Waals surface area contributed by atoms with Crippen LogP contribution in [0.3, 0.4) is 0 Å². The van der Waals surface area contributed by atoms with Gasteiger partial charge in [-0.3, -0.25) is 14.4 Å². The third-order valence-corrected chi connectivity index (χ3v) is 6.37. The van der Waals surface area contributed by atoms with E-state index in [1.807, 2.05) is 35.2 Å². The summed E-state index contributed by atoms with van der Waals surface area (Å²) >= 11 is 0. The highest BCUT2D eigenvalue weighted by Crippen LogP contribution is 2.42. The predicted molar refractivity (Wildman–Crippen MR) is 98.3 cm³/mol. The van der Waals surface area contributed by atoms with Gasteiger partial charge in [0.05, 0.1) is 0 Å². The fraction of sp³-hybridized carbons (Fsp3) is 0.571. The lowest BCUT2D eigenvalue weighted by atomic mass is 9.79. The summed E-state index contributed by atoms with van der Waals surface area (Å²) in [7, 11) is 0. The molecule has 1 unspecified atom stereocenters. The molecule has 0 spiro atoms. The number of para-hydroxylation sites is 1. The highest BCUT2D eigenvalue weighted by Gasteiger charge is 2.44. The van der Waals surface area contributed by atoms with Crippen molar-refractivity contribution in [3.8, 4) is 0 Å². The summed E-state index contributed by atoms with van der Waals surface area (Å²) in [6.45, 7) is 1.29. The molecule has 1 N–H and O–H groups in total. The highest BCUT2D eigenvalue weighted by molar-refractivity contribution is 5.93. The molecular formula is C21H26N2O3. The SMILES string of the molecule is O=C(Nc1ccccc1)C1CCN(C(=O)C2C[C@H]3CC[C@@H](C2)C3=O)CC1. The quantitative estimate of drug-likeness (QED) is 0.908. The van der Waals surface area contributed by atoms with Crippen LogP contribution in [0.5, 0.6) is 0 Å². The number of fused-ring (bicyclic) bond motifs is 2. The van der Waals surface area contributed by atoms with Crippen molar-refractivity contribution in [2.75, 3.05) is 18.4 Å². The van der Waals surface area contributed by atoms with Crippen molar-refractivity contribution in [1.29, 1.82) is 0 Å². The molecule has 1 aliphatic heterocycles. The van der Waals surface area contributed by atoms with Crippen LogP contribution in [0, 0.1) is 23.7 Å². The number of hydrogen-bond acceptors (Lipinski definition) is 3. The number of hydrogen-bond donors (Lipinski definition) is 1. The van der Waals surface area contributed by atoms with E-state index in [-0.39, 0.29) is 35.5 Å². The Morgan fingerprint density at radius 3 is 2.12 bits per heavy atom. The molecule has 3 aliphatic rings. The molecule has 0 radical (unpaired) electrons. The second-order valence-electron chi connectivity index (χ2n) is 8.00. The first kappa shape index (κ1) is 17.3. The van der Waals surface area contributed by atoms with E-state index in [1.165, 1.54) is 0 Å². The van der Waals surface area contributed by atoms with Crippen LogP contribution in [0.15, 0.2) is 30.3 Å². The van der Waals surface area contributed by atoms with Crippen LogP contribution in [0.1, 0.15) is 38.5 Å². The summed E-state index contributed by atoms with van der Waals surface area (Å²) in [5.74, 6) is 0.864. The number of piperidine rings is 1. The van der Waals surface area contributed by atoms with Gasteiger partial charge in [0.25, 0.3) is 0 Å². The van der Waals surface area contributed by atoms with E-state index in [1.54, 1.807) is 0 Å². The van der Waals surface area contributed by atoms with Gasteiger partial charge in [-0.05, 0) is 50.7 Å². The smallest absolute Gasteiger partial charge is 0.227 e. The van der Waals surface area contributed by atoms with Gasteiger partial charge in [-0.2, -0.15) is 0 Å². The molecule has 3 fully saturated rings. The minimum absolute atomic E-state index is 0.0138. The minimum atomic E-state index is -0.0385. The first-order chi connectivity index (χ1) is 12.6. The topological polar surface area (TPSA) is 66.5 Å². The first-order valence-electron chi connectivity index (χ1n) is 9.80. The molecule has 138 valence electrons. The number of carbonyl (C=O) groups is 3. The molecule has 5 heteroatoms. The van der Waals surface area contributed by atoms with Gasteiger partial charge in [0.2, 0.25) is 11.8 Å². The van der Waals surface area contributed by atoms with Gasteiger partial charge in [0.1, 0.15) is 5.78 Å². The number of rotatable bonds is 3. The molecule has 0 aromatic heterocycles. The van der Waals surface area contributed by atoms with Crippen LogP contribution in [-0.4, -0.2) is 35.6 Å². The molecule has 1 saturated heterocycles. The predicted octanol–water partition coefficient (Wildman–Crippen LogP) is 2.87. The number of nitrogens with one attached hydrogen (secondary N) is 1. The maximum absolute atomic E-state index is 12.9. The van der Waals surface area contributed by atoms with E-state index in [0.717, 1.165) is 31.4 Å². The van der Waals surface area contributed by atoms with Crippen molar-refractivity contribution in [2.45, 2.75) is 38.5 Å². The van der Waals surface area contributed by atoms with Gasteiger partial charge >= 0.3 is 0 Å². The van der Waals surface area contributed by atoms with Crippen molar-refractivity contribution in [3.05, 3.63) is 30.3 Å². The van der Waals surface area contributed by atoms with E-state index in [2.05, 4.69) is 5.32 Å². The normalized spacial score (nSPS) is 28.8. The summed E-state index contributed by atoms with van der Waals surface area (Å²) in [5.41, 5.74) is 0.818. The Labute approximate surface area is 154 Å². The van der Waals surface area contributed by atoms with Crippen molar-refractivity contribution in [1.82, 2.24) is 4.90 Å². The van der Waals surface area contributed by atoms with Crippen LogP contribution in [0.2, 0.25) is 0 Å². The number of Topliss-reactive ketones (excluding diaryl/α,β-unsaturated/α-hetero) is 1. The molecule has 2 aliphatic carbocycles. The Bertz CT molecular complexity index is 678. The molecule has 1 heterocycles. The number of anilines is 1. The van der Waals surface area contributed by atoms with Crippen molar-refractivity contribution in [2.24, 2.45) is 23.7 Å². The second kappa shape index (κ2) is 7.22. The van der Waals surface area contributed by atoms with Gasteiger partial charge in [0, 0.05) is 42.4 Å². The van der Waals surface area contributed by atoms with Gasteiger partial charge in [-0.25, -0.2) is 0 Å². The molecule has 2 saturated carbocycles. The molecule has 3 atom stereocenters. The summed E-state index contributed by atoms with van der Waals surface area (Å²) < 4.78 is 0. The largest absolute Gasteiger partial charge is 0.342 e. The fourth-order valence-corrected chi connectivity index (χ4v) is 4.86. The Hall–Kier alpha value is -2.17. The lowest BCUT2D eigenvalue weighted by Crippen LogP contribution is -2.45. The van der Waals surface area contributed by atoms with Crippen molar-refractivity contribution >= 4 is 23.3 Å². The zero-order chi connectivity index (χ0) is 18.1. The van der Waals surface area contributed by atoms with Crippen molar-refractivity contribution < 1.29 is 14.4 Å². The van der Waals surface area contributed by atoms with E-state index in [0.29, 0.717) is 31.7 Å². The van der Waals surface area contributed by atoms with E-state index in [9.17, 15) is 14.4 Å². The van der Waals surface area contributed by atoms with Crippen LogP contribution in [0.4, 0.5) is 5.69 Å². The molecular weight excluding hydrogens is 328 g/mol. The molecule has 1 aromatic rings. The Balaban J connectivity index is 1.29. The number of carbonyl (C=O) groups excluding carboxylic acids is 3. The van der Waals surface area contributed by atoms with E-state index in [4.69, 9.17) is 0 Å². The lowest BCUT2D eigenvalue weighted by molar-refractivity contribution is -0.142. The standard InChI is InChI=1S/C21H26N2O3/c24-19-15-6-7-16(19)13-17(12-15)21(26)23-10-8-14(9-11-23)20(25)22-18-4-2-1-3-5-18/h1-5,14-17H,6-13H2,(H,22,25)/t15-,16+,17?. The second-order valence-corrected chi connectivity index (χ2v) is 8.00. The van der Waals surface area contributed by atoms with Gasteiger partial charge < -0.3 is 10.2 Å². The highest BCUT2D eigenvalue weighted by atomic mass is 16.2. The number of amides is 2. The molecule has 2 bridgehead atoms. The monoisotopic (exact) mass is 354 g/mol. The third kappa shape index (κ3) is 3.39. The summed E-state index contributed by atoms with van der Waals surface area (Å²) in [6, 6.07) is 9.49. The van der Waals surface area contributed by atoms with Crippen LogP contribution in [-0.2, 0) is 14.4 Å². The molecule has 26 heavy (non-hydrogen) atoms. The zero-order valence-corrected chi connectivity index (χ0v) is 15.0. The average molecular weight is 354 g/mol. The van der Waals surface area contributed by atoms with Crippen molar-refractivity contribution in [3.63, 3.8) is 0 Å². The Morgan fingerprint density at radius 1 is 0.885 bits per heavy atom. The van der Waals surface area contributed by atoms with Crippen LogP contribution >= 0.6 is 0 Å². The fourth-order valence-electron chi connectivity index (χ4n) is 4.86. The molecule has 5 nitrogen and oxygen atoms in total. The minimum Gasteiger partial charge on any atom is -0.342 e. The Morgan fingerprint density at radius 2 is 1.50 bits per heavy atom. The average Bonchev–Trinajstić information content (AvgIpc) is 2.88. The van der Waals surface area contributed by atoms with E-state index >= 15 is 0 Å². The third-order valence-electron chi connectivity index (χ3n) is 6.37. The summed E-state index contributed by atoms with van der Waals surface area (Å²) in [6.07, 6.45) is 4.83. The Kier molecular flexibility index (Phi) is 4.79. The number of likely N-dealkylation sites (tertiary alicyclic amines) is 1. The summed E-state index contributed by atoms with van der Waals surface area (Å²) in [4.78, 5) is 39.2. The van der Waals surface area contributed by atoms with Crippen LogP contribution in [0.25, 0.3) is 0 Å². The number of nitrogens with zero attached hydrogens (tertiary/aromatic N) is 1.